The van der Waals surface area contributed by atoms with Gasteiger partial charge in [-0.1, -0.05) is 35.9 Å². The van der Waals surface area contributed by atoms with Crippen LogP contribution >= 0.6 is 0 Å². The van der Waals surface area contributed by atoms with Crippen molar-refractivity contribution in [2.45, 2.75) is 127 Å². The molecule has 0 N–H and O–H groups in total. The highest BCUT2D eigenvalue weighted by Crippen LogP contribution is 1.94. The zero-order chi connectivity index (χ0) is 22.7. The molecule has 168 valence electrons. The van der Waals surface area contributed by atoms with Gasteiger partial charge in [-0.25, -0.2) is 0 Å². The first kappa shape index (κ1) is 31.8. The summed E-state index contributed by atoms with van der Waals surface area (Å²) in [4.78, 5) is 0. The molecule has 0 spiro atoms. The molecule has 0 saturated carbocycles. The van der Waals surface area contributed by atoms with Gasteiger partial charge in [0.2, 0.25) is 0 Å². The van der Waals surface area contributed by atoms with Gasteiger partial charge < -0.3 is 14.2 Å². The summed E-state index contributed by atoms with van der Waals surface area (Å²) in [6.45, 7) is 26.6. The fraction of sp³-hybridized carbons (Fsp3) is 0.760. The normalized spacial score (nSPS) is 10.5. The van der Waals surface area contributed by atoms with Crippen LogP contribution in [-0.4, -0.2) is 36.6 Å². The molecule has 3 heteroatoms. The number of rotatable bonds is 6. The van der Waals surface area contributed by atoms with Gasteiger partial charge in [0.05, 0.1) is 36.6 Å². The number of aryl methyl sites for hydroxylation is 1. The van der Waals surface area contributed by atoms with Gasteiger partial charge in [0.15, 0.2) is 0 Å². The molecule has 0 bridgehead atoms. The summed E-state index contributed by atoms with van der Waals surface area (Å²) >= 11 is 0. The Hall–Kier alpha value is -0.900. The topological polar surface area (TPSA) is 27.7 Å². The molecule has 3 nitrogen and oxygen atoms in total. The summed E-state index contributed by atoms with van der Waals surface area (Å²) < 4.78 is 15.8. The molecule has 0 aliphatic heterocycles. The van der Waals surface area contributed by atoms with Gasteiger partial charge in [0, 0.05) is 0 Å². The minimum Gasteiger partial charge on any atom is -0.376 e. The number of benzene rings is 1. The maximum atomic E-state index is 5.25. The molecule has 0 aliphatic rings. The third kappa shape index (κ3) is 40.0. The first-order chi connectivity index (χ1) is 12.8. The van der Waals surface area contributed by atoms with E-state index in [2.05, 4.69) is 19.1 Å². The number of hydrogen-bond acceptors (Lipinski definition) is 3. The molecule has 0 saturated heterocycles. The van der Waals surface area contributed by atoms with Crippen LogP contribution in [0.25, 0.3) is 0 Å². The Bertz CT molecular complexity index is 344. The van der Waals surface area contributed by atoms with Crippen molar-refractivity contribution in [3.05, 3.63) is 35.9 Å². The largest absolute Gasteiger partial charge is 0.376 e. The summed E-state index contributed by atoms with van der Waals surface area (Å²) in [6.07, 6.45) is 2.25. The zero-order valence-corrected chi connectivity index (χ0v) is 21.1. The summed E-state index contributed by atoms with van der Waals surface area (Å²) in [6, 6.07) is 10.3. The molecule has 0 aromatic heterocycles. The van der Waals surface area contributed by atoms with Crippen LogP contribution in [0.3, 0.4) is 0 Å². The van der Waals surface area contributed by atoms with Crippen LogP contribution in [0.1, 0.15) is 88.6 Å². The zero-order valence-electron chi connectivity index (χ0n) is 21.1. The summed E-state index contributed by atoms with van der Waals surface area (Å²) in [7, 11) is 0. The van der Waals surface area contributed by atoms with Gasteiger partial charge in [-0.15, -0.1) is 0 Å². The van der Waals surface area contributed by atoms with Gasteiger partial charge in [-0.05, 0) is 90.0 Å². The Morgan fingerprint density at radius 1 is 0.429 bits per heavy atom. The average Bonchev–Trinajstić information content (AvgIpc) is 2.45. The second kappa shape index (κ2) is 20.8. The molecule has 0 unspecified atom stereocenters. The van der Waals surface area contributed by atoms with E-state index >= 15 is 0 Å². The molecule has 1 aromatic rings. The standard InChI is InChI=1S/C7H8.3C6H14O/c1-7-5-3-2-4-6-7;3*1-5(2)7-6(3)4/h2-6H,1H3;3*5-6H,1-4H3. The minimum absolute atomic E-state index is 0.375. The third-order valence-corrected chi connectivity index (χ3v) is 2.57. The third-order valence-electron chi connectivity index (χ3n) is 2.57. The SMILES string of the molecule is CC(C)OC(C)C.CC(C)OC(C)C.CC(C)OC(C)C.Cc1ccccc1. The van der Waals surface area contributed by atoms with Crippen LogP contribution < -0.4 is 0 Å². The van der Waals surface area contributed by atoms with Crippen LogP contribution in [0.2, 0.25) is 0 Å². The Morgan fingerprint density at radius 3 is 0.714 bits per heavy atom. The van der Waals surface area contributed by atoms with Gasteiger partial charge in [0.25, 0.3) is 0 Å². The van der Waals surface area contributed by atoms with Crippen molar-refractivity contribution in [2.75, 3.05) is 0 Å². The Kier molecular flexibility index (Phi) is 23.6. The van der Waals surface area contributed by atoms with Crippen molar-refractivity contribution in [3.63, 3.8) is 0 Å². The molecule has 0 heterocycles. The molecule has 0 aliphatic carbocycles. The molecule has 0 atom stereocenters. The second-order valence-electron chi connectivity index (χ2n) is 8.36. The minimum atomic E-state index is 0.375. The lowest BCUT2D eigenvalue weighted by Gasteiger charge is -2.09. The molecule has 0 radical (unpaired) electrons. The van der Waals surface area contributed by atoms with E-state index in [4.69, 9.17) is 14.2 Å². The summed E-state index contributed by atoms with van der Waals surface area (Å²) in [5.74, 6) is 0. The van der Waals surface area contributed by atoms with E-state index in [1.165, 1.54) is 5.56 Å². The smallest absolute Gasteiger partial charge is 0.0522 e. The van der Waals surface area contributed by atoms with E-state index < -0.39 is 0 Å². The first-order valence-electron chi connectivity index (χ1n) is 10.8. The van der Waals surface area contributed by atoms with Gasteiger partial charge >= 0.3 is 0 Å². The maximum Gasteiger partial charge on any atom is 0.0522 e. The van der Waals surface area contributed by atoms with Crippen molar-refractivity contribution in [3.8, 4) is 0 Å². The van der Waals surface area contributed by atoms with Crippen LogP contribution in [0.15, 0.2) is 30.3 Å². The number of hydrogen-bond donors (Lipinski definition) is 0. The quantitative estimate of drug-likeness (QED) is 0.498. The van der Waals surface area contributed by atoms with Gasteiger partial charge in [0.1, 0.15) is 0 Å². The van der Waals surface area contributed by atoms with E-state index in [1.54, 1.807) is 0 Å². The average molecular weight is 399 g/mol. The van der Waals surface area contributed by atoms with Gasteiger partial charge in [-0.3, -0.25) is 0 Å². The monoisotopic (exact) mass is 398 g/mol. The molecule has 1 rings (SSSR count). The summed E-state index contributed by atoms with van der Waals surface area (Å²) in [5.41, 5.74) is 1.32. The second-order valence-corrected chi connectivity index (χ2v) is 8.36. The fourth-order valence-corrected chi connectivity index (χ4v) is 2.17. The van der Waals surface area contributed by atoms with Crippen molar-refractivity contribution in [1.29, 1.82) is 0 Å². The molecule has 0 fully saturated rings. The first-order valence-corrected chi connectivity index (χ1v) is 10.8. The highest BCUT2D eigenvalue weighted by Gasteiger charge is 1.95. The fourth-order valence-electron chi connectivity index (χ4n) is 2.17. The lowest BCUT2D eigenvalue weighted by atomic mass is 10.2. The molecular weight excluding hydrogens is 348 g/mol. The lowest BCUT2D eigenvalue weighted by molar-refractivity contribution is 0.0296. The maximum absolute atomic E-state index is 5.25. The van der Waals surface area contributed by atoms with Crippen LogP contribution in [-0.2, 0) is 14.2 Å². The van der Waals surface area contributed by atoms with Crippen molar-refractivity contribution >= 4 is 0 Å². The summed E-state index contributed by atoms with van der Waals surface area (Å²) in [5, 5.41) is 0. The predicted octanol–water partition coefficient (Wildman–Crippen LogP) is 7.45. The van der Waals surface area contributed by atoms with Crippen LogP contribution in [0.5, 0.6) is 0 Å². The molecule has 1 aromatic carbocycles. The number of ether oxygens (including phenoxy) is 3. The van der Waals surface area contributed by atoms with Crippen LogP contribution in [0, 0.1) is 6.92 Å². The van der Waals surface area contributed by atoms with Gasteiger partial charge in [-0.2, -0.15) is 0 Å². The Morgan fingerprint density at radius 2 is 0.643 bits per heavy atom. The highest BCUT2D eigenvalue weighted by molar-refractivity contribution is 5.11. The lowest BCUT2D eigenvalue weighted by Crippen LogP contribution is -2.09. The van der Waals surface area contributed by atoms with E-state index in [1.807, 2.05) is 101 Å². The molecule has 0 amide bonds. The Balaban J connectivity index is -0.000000298. The van der Waals surface area contributed by atoms with E-state index in [0.29, 0.717) is 36.6 Å². The van der Waals surface area contributed by atoms with Crippen LogP contribution in [0.4, 0.5) is 0 Å². The molecular formula is C25H50O3. The van der Waals surface area contributed by atoms with Crippen molar-refractivity contribution in [1.82, 2.24) is 0 Å². The highest BCUT2D eigenvalue weighted by atomic mass is 16.5. The van der Waals surface area contributed by atoms with E-state index in [0.717, 1.165) is 0 Å². The predicted molar refractivity (Wildman–Crippen MR) is 125 cm³/mol. The Labute approximate surface area is 177 Å². The molecule has 28 heavy (non-hydrogen) atoms. The van der Waals surface area contributed by atoms with Crippen molar-refractivity contribution < 1.29 is 14.2 Å². The van der Waals surface area contributed by atoms with E-state index in [9.17, 15) is 0 Å². The van der Waals surface area contributed by atoms with E-state index in [-0.39, 0.29) is 0 Å². The van der Waals surface area contributed by atoms with Crippen molar-refractivity contribution in [2.24, 2.45) is 0 Å².